The third-order valence-corrected chi connectivity index (χ3v) is 3.32. The summed E-state index contributed by atoms with van der Waals surface area (Å²) in [6.45, 7) is 5.74. The molecule has 0 heterocycles. The zero-order valence-corrected chi connectivity index (χ0v) is 12.0. The monoisotopic (exact) mass is 282 g/mol. The molecule has 2 rings (SSSR count). The number of phenols is 1. The average Bonchev–Trinajstić information content (AvgIpc) is 2.48. The van der Waals surface area contributed by atoms with E-state index < -0.39 is 0 Å². The number of hydrogen-bond donors (Lipinski definition) is 1. The molecule has 0 saturated heterocycles. The van der Waals surface area contributed by atoms with Crippen molar-refractivity contribution in [1.82, 2.24) is 0 Å². The number of carbonyl (C=O) groups excluding carboxylic acids is 1. The summed E-state index contributed by atoms with van der Waals surface area (Å²) in [5.74, 6) is -0.0265. The molecule has 0 spiro atoms. The topological polar surface area (TPSA) is 46.5 Å². The number of benzene rings is 2. The van der Waals surface area contributed by atoms with E-state index in [1.54, 1.807) is 18.2 Å². The number of ether oxygens (including phenoxy) is 1. The van der Waals surface area contributed by atoms with Gasteiger partial charge in [0, 0.05) is 0 Å². The number of hydrogen-bond acceptors (Lipinski definition) is 3. The van der Waals surface area contributed by atoms with Crippen LogP contribution in [0.5, 0.6) is 5.75 Å². The van der Waals surface area contributed by atoms with Gasteiger partial charge >= 0.3 is 5.97 Å². The minimum atomic E-state index is -0.263. The SMILES string of the molecule is C=CCOC(=O)Cc1cccc(-c2ccc(O)cc2)c1C. The highest BCUT2D eigenvalue weighted by atomic mass is 16.5. The first kappa shape index (κ1) is 14.9. The molecule has 0 aliphatic carbocycles. The minimum absolute atomic E-state index is 0.232. The molecule has 0 aliphatic rings. The highest BCUT2D eigenvalue weighted by molar-refractivity contribution is 5.76. The third kappa shape index (κ3) is 3.72. The van der Waals surface area contributed by atoms with Crippen LogP contribution in [-0.2, 0) is 16.0 Å². The van der Waals surface area contributed by atoms with E-state index >= 15 is 0 Å². The maximum atomic E-state index is 11.7. The second-order valence-electron chi connectivity index (χ2n) is 4.79. The summed E-state index contributed by atoms with van der Waals surface area (Å²) in [4.78, 5) is 11.7. The second-order valence-corrected chi connectivity index (χ2v) is 4.79. The van der Waals surface area contributed by atoms with Crippen LogP contribution in [0.4, 0.5) is 0 Å². The average molecular weight is 282 g/mol. The Labute approximate surface area is 124 Å². The van der Waals surface area contributed by atoms with E-state index in [4.69, 9.17) is 4.74 Å². The second kappa shape index (κ2) is 6.75. The molecule has 0 saturated carbocycles. The first-order valence-corrected chi connectivity index (χ1v) is 6.76. The lowest BCUT2D eigenvalue weighted by Gasteiger charge is -2.11. The van der Waals surface area contributed by atoms with Crippen molar-refractivity contribution in [3.63, 3.8) is 0 Å². The smallest absolute Gasteiger partial charge is 0.310 e. The normalized spacial score (nSPS) is 10.1. The molecule has 0 unspecified atom stereocenters. The van der Waals surface area contributed by atoms with Crippen molar-refractivity contribution in [1.29, 1.82) is 0 Å². The summed E-state index contributed by atoms with van der Waals surface area (Å²) in [5, 5.41) is 9.36. The Hall–Kier alpha value is -2.55. The maximum absolute atomic E-state index is 11.7. The lowest BCUT2D eigenvalue weighted by atomic mass is 9.95. The summed E-state index contributed by atoms with van der Waals surface area (Å²) < 4.78 is 5.02. The quantitative estimate of drug-likeness (QED) is 0.672. The molecule has 2 aromatic rings. The molecule has 0 fully saturated rings. The molecule has 1 N–H and O–H groups in total. The summed E-state index contributed by atoms with van der Waals surface area (Å²) in [5.41, 5.74) is 4.03. The first-order valence-electron chi connectivity index (χ1n) is 6.76. The number of aromatic hydroxyl groups is 1. The van der Waals surface area contributed by atoms with Crippen molar-refractivity contribution in [3.8, 4) is 16.9 Å². The lowest BCUT2D eigenvalue weighted by Crippen LogP contribution is -2.09. The van der Waals surface area contributed by atoms with Crippen LogP contribution >= 0.6 is 0 Å². The van der Waals surface area contributed by atoms with Crippen molar-refractivity contribution >= 4 is 5.97 Å². The molecule has 0 amide bonds. The molecule has 3 heteroatoms. The zero-order valence-electron chi connectivity index (χ0n) is 12.0. The van der Waals surface area contributed by atoms with E-state index in [0.717, 1.165) is 22.3 Å². The summed E-state index contributed by atoms with van der Waals surface area (Å²) >= 11 is 0. The highest BCUT2D eigenvalue weighted by Crippen LogP contribution is 2.27. The van der Waals surface area contributed by atoms with Crippen LogP contribution in [0.25, 0.3) is 11.1 Å². The van der Waals surface area contributed by atoms with E-state index in [9.17, 15) is 9.90 Å². The molecule has 0 aliphatic heterocycles. The number of esters is 1. The van der Waals surface area contributed by atoms with Crippen molar-refractivity contribution < 1.29 is 14.6 Å². The number of phenolic OH excluding ortho intramolecular Hbond substituents is 1. The molecule has 108 valence electrons. The summed E-state index contributed by atoms with van der Waals surface area (Å²) in [7, 11) is 0. The first-order chi connectivity index (χ1) is 10.1. The van der Waals surface area contributed by atoms with Gasteiger partial charge in [0.1, 0.15) is 12.4 Å². The minimum Gasteiger partial charge on any atom is -0.508 e. The lowest BCUT2D eigenvalue weighted by molar-refractivity contribution is -0.141. The van der Waals surface area contributed by atoms with Gasteiger partial charge < -0.3 is 9.84 Å². The van der Waals surface area contributed by atoms with Gasteiger partial charge in [-0.3, -0.25) is 4.79 Å². The van der Waals surface area contributed by atoms with Crippen LogP contribution in [0.3, 0.4) is 0 Å². The zero-order chi connectivity index (χ0) is 15.2. The summed E-state index contributed by atoms with van der Waals surface area (Å²) in [6.07, 6.45) is 1.79. The van der Waals surface area contributed by atoms with Crippen LogP contribution in [0, 0.1) is 6.92 Å². The van der Waals surface area contributed by atoms with Crippen molar-refractivity contribution in [2.75, 3.05) is 6.61 Å². The number of rotatable bonds is 5. The van der Waals surface area contributed by atoms with Gasteiger partial charge in [0.15, 0.2) is 0 Å². The fourth-order valence-electron chi connectivity index (χ4n) is 2.19. The van der Waals surface area contributed by atoms with Gasteiger partial charge in [0.25, 0.3) is 0 Å². The predicted octanol–water partition coefficient (Wildman–Crippen LogP) is 3.64. The van der Waals surface area contributed by atoms with Gasteiger partial charge in [0.05, 0.1) is 6.42 Å². The fraction of sp³-hybridized carbons (Fsp3) is 0.167. The summed E-state index contributed by atoms with van der Waals surface area (Å²) in [6, 6.07) is 12.9. The predicted molar refractivity (Wildman–Crippen MR) is 83.1 cm³/mol. The van der Waals surface area contributed by atoms with E-state index in [-0.39, 0.29) is 24.7 Å². The van der Waals surface area contributed by atoms with Crippen LogP contribution in [0.2, 0.25) is 0 Å². The van der Waals surface area contributed by atoms with Gasteiger partial charge in [-0.1, -0.05) is 43.0 Å². The molecular weight excluding hydrogens is 264 g/mol. The van der Waals surface area contributed by atoms with E-state index in [0.29, 0.717) is 0 Å². The largest absolute Gasteiger partial charge is 0.508 e. The molecule has 3 nitrogen and oxygen atoms in total. The van der Waals surface area contributed by atoms with Crippen LogP contribution < -0.4 is 0 Å². The van der Waals surface area contributed by atoms with E-state index in [2.05, 4.69) is 6.58 Å². The maximum Gasteiger partial charge on any atom is 0.310 e. The molecule has 0 radical (unpaired) electrons. The van der Waals surface area contributed by atoms with Crippen molar-refractivity contribution in [3.05, 3.63) is 66.2 Å². The van der Waals surface area contributed by atoms with Gasteiger partial charge in [0.2, 0.25) is 0 Å². The van der Waals surface area contributed by atoms with E-state index in [1.807, 2.05) is 37.3 Å². The van der Waals surface area contributed by atoms with Gasteiger partial charge in [-0.05, 0) is 41.3 Å². The molecule has 0 bridgehead atoms. The van der Waals surface area contributed by atoms with Crippen molar-refractivity contribution in [2.45, 2.75) is 13.3 Å². The Balaban J connectivity index is 2.25. The Bertz CT molecular complexity index is 642. The number of carbonyl (C=O) groups is 1. The van der Waals surface area contributed by atoms with Gasteiger partial charge in [-0.25, -0.2) is 0 Å². The molecule has 2 aromatic carbocycles. The van der Waals surface area contributed by atoms with Crippen LogP contribution in [-0.4, -0.2) is 17.7 Å². The molecule has 21 heavy (non-hydrogen) atoms. The van der Waals surface area contributed by atoms with Gasteiger partial charge in [-0.15, -0.1) is 0 Å². The third-order valence-electron chi connectivity index (χ3n) is 3.32. The van der Waals surface area contributed by atoms with Crippen molar-refractivity contribution in [2.24, 2.45) is 0 Å². The van der Waals surface area contributed by atoms with Crippen LogP contribution in [0.1, 0.15) is 11.1 Å². The van der Waals surface area contributed by atoms with E-state index in [1.165, 1.54) is 0 Å². The standard InChI is InChI=1S/C18H18O3/c1-3-11-21-18(20)12-15-5-4-6-17(13(15)2)14-7-9-16(19)10-8-14/h3-10,19H,1,11-12H2,2H3. The highest BCUT2D eigenvalue weighted by Gasteiger charge is 2.10. The molecular formula is C18H18O3. The fourth-order valence-corrected chi connectivity index (χ4v) is 2.19. The molecule has 0 aromatic heterocycles. The Morgan fingerprint density at radius 3 is 2.62 bits per heavy atom. The van der Waals surface area contributed by atoms with Gasteiger partial charge in [-0.2, -0.15) is 0 Å². The Morgan fingerprint density at radius 2 is 1.95 bits per heavy atom. The Kier molecular flexibility index (Phi) is 4.77. The molecule has 0 atom stereocenters. The van der Waals surface area contributed by atoms with Crippen LogP contribution in [0.15, 0.2) is 55.1 Å². The Morgan fingerprint density at radius 1 is 1.24 bits per heavy atom.